The van der Waals surface area contributed by atoms with Gasteiger partial charge in [0.15, 0.2) is 31.3 Å². The van der Waals surface area contributed by atoms with Crippen LogP contribution < -0.4 is 0 Å². The first kappa shape index (κ1) is 66.6. The van der Waals surface area contributed by atoms with E-state index < -0.39 is 219 Å². The van der Waals surface area contributed by atoms with Gasteiger partial charge in [-0.3, -0.25) is 9.59 Å². The van der Waals surface area contributed by atoms with Crippen LogP contribution in [-0.2, 0) is 57.0 Å². The fraction of sp³-hybridized carbons (Fsp3) is 0.931. The summed E-state index contributed by atoms with van der Waals surface area (Å²) in [6, 6.07) is 0. The molecule has 0 amide bonds. The first-order valence-corrected chi connectivity index (χ1v) is 30.4. The van der Waals surface area contributed by atoms with Crippen molar-refractivity contribution in [1.29, 1.82) is 0 Å². The number of carboxylic acid groups (broad SMARTS) is 1. The predicted octanol–water partition coefficient (Wildman–Crippen LogP) is -3.87. The Bertz CT molecular complexity index is 2430. The van der Waals surface area contributed by atoms with Crippen molar-refractivity contribution in [3.8, 4) is 0 Å². The van der Waals surface area contributed by atoms with Gasteiger partial charge < -0.3 is 129 Å². The molecule has 5 saturated heterocycles. The first-order valence-electron chi connectivity index (χ1n) is 30.4. The highest BCUT2D eigenvalue weighted by Gasteiger charge is 2.71. The number of carboxylic acids is 1. The summed E-state index contributed by atoms with van der Waals surface area (Å²) in [5, 5.41) is 173. The molecule has 16 N–H and O–H groups in total. The van der Waals surface area contributed by atoms with E-state index in [1.165, 1.54) is 20.8 Å². The summed E-state index contributed by atoms with van der Waals surface area (Å²) in [5.41, 5.74) is -3.23. The summed E-state index contributed by atoms with van der Waals surface area (Å²) < 4.78 is 58.9. The van der Waals surface area contributed by atoms with Crippen molar-refractivity contribution in [2.24, 2.45) is 50.7 Å². The highest BCUT2D eigenvalue weighted by Crippen LogP contribution is 2.72. The fourth-order valence-electron chi connectivity index (χ4n) is 17.3. The number of ether oxygens (including phenoxy) is 10. The quantitative estimate of drug-likeness (QED) is 0.0477. The molecule has 10 aliphatic rings. The second kappa shape index (κ2) is 24.6. The summed E-state index contributed by atoms with van der Waals surface area (Å²) in [4.78, 5) is 29.1. The molecule has 4 saturated carbocycles. The zero-order valence-corrected chi connectivity index (χ0v) is 49.4. The van der Waals surface area contributed by atoms with Crippen LogP contribution in [0.15, 0.2) is 11.6 Å². The number of allylic oxidation sites excluding steroid dienone is 2. The summed E-state index contributed by atoms with van der Waals surface area (Å²) in [7, 11) is 0. The van der Waals surface area contributed by atoms with Gasteiger partial charge in [-0.05, 0) is 118 Å². The standard InChI is InChI=1S/C58H92O28/c1-21-32(62)38(68)45(84-48-43(73)39(69)44(22(2)79-48)83-47-40(70)35(65)29(20-77-47)82-49-41(71)36(66)33(63)27(18-59)80-49)51(78-21)86-53(76)58-13-10-24-23(25(58)16-54(3,4)14-15-58)8-9-30-55(24,5)12-11-31-56(30,6)17-26(61)46(57(31,7)52(74)75)85-50-42(72)37(67)34(64)28(19-60)81-50/h8,21-22,24-51,59-73H,9-20H2,1-7H3,(H,74,75). The number of aliphatic hydroxyl groups excluding tert-OH is 15. The average Bonchev–Trinajstić information content (AvgIpc) is 0.691. The minimum absolute atomic E-state index is 0.0747. The van der Waals surface area contributed by atoms with E-state index in [2.05, 4.69) is 26.8 Å². The van der Waals surface area contributed by atoms with Crippen molar-refractivity contribution in [2.75, 3.05) is 19.8 Å². The predicted molar refractivity (Wildman–Crippen MR) is 285 cm³/mol. The number of fused-ring (bicyclic) bond motifs is 7. The number of aliphatic carboxylic acids is 1. The van der Waals surface area contributed by atoms with Crippen molar-refractivity contribution in [3.63, 3.8) is 0 Å². The normalized spacial score (nSPS) is 54.7. The molecule has 0 aromatic rings. The lowest BCUT2D eigenvalue weighted by Gasteiger charge is -2.68. The van der Waals surface area contributed by atoms with E-state index >= 15 is 4.79 Å². The van der Waals surface area contributed by atoms with Gasteiger partial charge in [-0.15, -0.1) is 0 Å². The zero-order chi connectivity index (χ0) is 62.8. The summed E-state index contributed by atoms with van der Waals surface area (Å²) in [5.74, 6) is -3.01. The number of rotatable bonds is 13. The number of carbonyl (C=O) groups excluding carboxylic acids is 1. The molecule has 0 aromatic carbocycles. The fourth-order valence-corrected chi connectivity index (χ4v) is 17.3. The Kier molecular flexibility index (Phi) is 19.1. The Morgan fingerprint density at radius 2 is 1.09 bits per heavy atom. The minimum Gasteiger partial charge on any atom is -0.481 e. The van der Waals surface area contributed by atoms with Gasteiger partial charge in [0, 0.05) is 0 Å². The number of esters is 1. The molecule has 0 spiro atoms. The van der Waals surface area contributed by atoms with Gasteiger partial charge in [0.25, 0.3) is 0 Å². The van der Waals surface area contributed by atoms with Gasteiger partial charge in [0.1, 0.15) is 104 Å². The van der Waals surface area contributed by atoms with Crippen molar-refractivity contribution < 1.29 is 139 Å². The van der Waals surface area contributed by atoms with Gasteiger partial charge in [-0.2, -0.15) is 0 Å². The minimum atomic E-state index is -1.97. The molecule has 10 rings (SSSR count). The Hall–Kier alpha value is -2.28. The molecule has 9 fully saturated rings. The van der Waals surface area contributed by atoms with E-state index in [1.54, 1.807) is 0 Å². The lowest BCUT2D eigenvalue weighted by Crippen LogP contribution is -2.69. The van der Waals surface area contributed by atoms with Gasteiger partial charge in [-0.1, -0.05) is 39.3 Å². The van der Waals surface area contributed by atoms with Crippen LogP contribution in [0.2, 0.25) is 0 Å². The van der Waals surface area contributed by atoms with Gasteiger partial charge in [-0.25, -0.2) is 0 Å². The van der Waals surface area contributed by atoms with Gasteiger partial charge in [0.05, 0.1) is 49.0 Å². The molecule has 28 heteroatoms. The highest BCUT2D eigenvalue weighted by atomic mass is 16.8. The molecule has 86 heavy (non-hydrogen) atoms. The maximum absolute atomic E-state index is 15.4. The maximum Gasteiger partial charge on any atom is 0.315 e. The summed E-state index contributed by atoms with van der Waals surface area (Å²) >= 11 is 0. The Balaban J connectivity index is 0.833. The lowest BCUT2D eigenvalue weighted by atomic mass is 9.36. The van der Waals surface area contributed by atoms with Crippen LogP contribution in [0.25, 0.3) is 0 Å². The molecule has 0 aromatic heterocycles. The molecule has 0 radical (unpaired) electrons. The van der Waals surface area contributed by atoms with Gasteiger partial charge in [0.2, 0.25) is 6.29 Å². The SMILES string of the molecule is CC1OC(OC(=O)C23CCC4C(=CCC5C4(C)CCC4C5(C)CC(O)C(OC5OC(CO)C(O)C(O)C5O)C4(C)C(=O)O)C2CC(C)(C)CC3)C(OC2OC(C)C(OC3OCC(OC4OC(CO)C(O)C(O)C4O)C(O)C3O)C(O)C2O)C(O)C1O. The average molecular weight is 1240 g/mol. The molecule has 28 nitrogen and oxygen atoms in total. The third-order valence-electron chi connectivity index (χ3n) is 22.4. The van der Waals surface area contributed by atoms with E-state index in [1.807, 2.05) is 6.92 Å². The van der Waals surface area contributed by atoms with Crippen LogP contribution >= 0.6 is 0 Å². The van der Waals surface area contributed by atoms with Crippen molar-refractivity contribution >= 4 is 11.9 Å². The van der Waals surface area contributed by atoms with Crippen LogP contribution in [0.4, 0.5) is 0 Å². The van der Waals surface area contributed by atoms with E-state index in [-0.39, 0.29) is 29.6 Å². The number of hydrogen-bond acceptors (Lipinski definition) is 27. The third kappa shape index (κ3) is 11.1. The van der Waals surface area contributed by atoms with E-state index in [0.717, 1.165) is 5.57 Å². The molecule has 0 bridgehead atoms. The highest BCUT2D eigenvalue weighted by molar-refractivity contribution is 5.79. The monoisotopic (exact) mass is 1240 g/mol. The molecule has 5 heterocycles. The van der Waals surface area contributed by atoms with Crippen molar-refractivity contribution in [3.05, 3.63) is 11.6 Å². The third-order valence-corrected chi connectivity index (χ3v) is 22.4. The van der Waals surface area contributed by atoms with Crippen molar-refractivity contribution in [1.82, 2.24) is 0 Å². The largest absolute Gasteiger partial charge is 0.481 e. The number of aliphatic hydroxyl groups is 15. The van der Waals surface area contributed by atoms with E-state index in [4.69, 9.17) is 47.4 Å². The molecule has 34 atom stereocenters. The maximum atomic E-state index is 15.4. The smallest absolute Gasteiger partial charge is 0.315 e. The molecular formula is C58H92O28. The molecule has 492 valence electrons. The van der Waals surface area contributed by atoms with Crippen LogP contribution in [0.3, 0.4) is 0 Å². The second-order valence-electron chi connectivity index (χ2n) is 27.9. The lowest BCUT2D eigenvalue weighted by molar-refractivity contribution is -0.378. The molecule has 34 unspecified atom stereocenters. The zero-order valence-electron chi connectivity index (χ0n) is 49.4. The molecular weight excluding hydrogens is 1140 g/mol. The van der Waals surface area contributed by atoms with E-state index in [9.17, 15) is 86.5 Å². The van der Waals surface area contributed by atoms with Crippen LogP contribution in [-0.4, -0.2) is 273 Å². The van der Waals surface area contributed by atoms with Crippen molar-refractivity contribution in [2.45, 2.75) is 266 Å². The van der Waals surface area contributed by atoms with E-state index in [0.29, 0.717) is 51.4 Å². The summed E-state index contributed by atoms with van der Waals surface area (Å²) in [6.45, 7) is 11.0. The van der Waals surface area contributed by atoms with Crippen LogP contribution in [0, 0.1) is 50.7 Å². The second-order valence-corrected chi connectivity index (χ2v) is 27.9. The first-order chi connectivity index (χ1) is 40.3. The van der Waals surface area contributed by atoms with Crippen LogP contribution in [0.1, 0.15) is 106 Å². The number of hydrogen-bond donors (Lipinski definition) is 16. The molecule has 5 aliphatic heterocycles. The number of carbonyl (C=O) groups is 2. The summed E-state index contributed by atoms with van der Waals surface area (Å²) in [6.07, 6.45) is -35.9. The van der Waals surface area contributed by atoms with Gasteiger partial charge >= 0.3 is 11.9 Å². The topological polar surface area (TPSA) is 450 Å². The van der Waals surface area contributed by atoms with Crippen LogP contribution in [0.5, 0.6) is 0 Å². The molecule has 5 aliphatic carbocycles. The Labute approximate surface area is 497 Å². The Morgan fingerprint density at radius 3 is 1.71 bits per heavy atom. The Morgan fingerprint density at radius 1 is 0.535 bits per heavy atom.